The van der Waals surface area contributed by atoms with E-state index in [1.807, 2.05) is 26.0 Å². The Balaban J connectivity index is -0.000000143. The summed E-state index contributed by atoms with van der Waals surface area (Å²) in [6.07, 6.45) is 1.67. The zero-order chi connectivity index (χ0) is 9.98. The molecule has 0 aromatic rings. The van der Waals surface area contributed by atoms with Gasteiger partial charge in [0, 0.05) is 0 Å². The Bertz CT molecular complexity index is 151. The molecule has 0 aliphatic rings. The Morgan fingerprint density at radius 1 is 1.00 bits per heavy atom. The predicted octanol–water partition coefficient (Wildman–Crippen LogP) is 2.60. The van der Waals surface area contributed by atoms with Gasteiger partial charge in [-0.05, 0) is 12.8 Å². The summed E-state index contributed by atoms with van der Waals surface area (Å²) in [6.45, 7) is 3.86. The molecule has 0 saturated carbocycles. The maximum Gasteiger partial charge on any atom is 0.0884 e. The number of hydrogen-bond acceptors (Lipinski definition) is 5. The van der Waals surface area contributed by atoms with Crippen LogP contribution in [0.2, 0.25) is 0 Å². The highest BCUT2D eigenvalue weighted by atomic mass is 32.1. The van der Waals surface area contributed by atoms with E-state index in [9.17, 15) is 0 Å². The average molecular weight is 219 g/mol. The summed E-state index contributed by atoms with van der Waals surface area (Å²) in [6, 6.07) is 3.96. The van der Waals surface area contributed by atoms with Gasteiger partial charge in [0.2, 0.25) is 0 Å². The van der Waals surface area contributed by atoms with Crippen LogP contribution in [-0.2, 0) is 0 Å². The Labute approximate surface area is 91.5 Å². The van der Waals surface area contributed by atoms with Gasteiger partial charge in [-0.2, -0.15) is 35.8 Å². The number of nitrogens with zero attached hydrogens (tertiary/aromatic N) is 2. The molecule has 0 aliphatic carbocycles. The van der Waals surface area contributed by atoms with Crippen LogP contribution in [0.25, 0.3) is 0 Å². The summed E-state index contributed by atoms with van der Waals surface area (Å²) < 4.78 is 0. The van der Waals surface area contributed by atoms with Crippen molar-refractivity contribution in [2.45, 2.75) is 37.2 Å². The number of hydrogen-bond donors (Lipinski definition) is 3. The summed E-state index contributed by atoms with van der Waals surface area (Å²) in [7, 11) is 0. The summed E-state index contributed by atoms with van der Waals surface area (Å²) in [5.74, 6) is 0. The molecule has 0 fully saturated rings. The van der Waals surface area contributed by atoms with Crippen LogP contribution in [0, 0.1) is 22.7 Å². The number of nitriles is 2. The van der Waals surface area contributed by atoms with E-state index in [1.54, 1.807) is 0 Å². The van der Waals surface area contributed by atoms with Crippen molar-refractivity contribution in [3.05, 3.63) is 0 Å². The van der Waals surface area contributed by atoms with E-state index in [4.69, 9.17) is 10.5 Å². The molecule has 3 N–H and O–H groups in total. The van der Waals surface area contributed by atoms with Crippen LogP contribution in [0.4, 0.5) is 0 Å². The van der Waals surface area contributed by atoms with E-state index in [1.165, 1.54) is 0 Å². The molecule has 0 rings (SSSR count). The van der Waals surface area contributed by atoms with Crippen molar-refractivity contribution in [2.24, 2.45) is 0 Å². The van der Waals surface area contributed by atoms with Gasteiger partial charge in [-0.3, -0.25) is 0 Å². The van der Waals surface area contributed by atoms with E-state index in [0.29, 0.717) is 0 Å². The highest BCUT2D eigenvalue weighted by Crippen LogP contribution is 1.95. The molecule has 0 spiro atoms. The van der Waals surface area contributed by atoms with Crippen LogP contribution >= 0.6 is 25.3 Å². The standard InChI is InChI=1S/2C4H7NS.H3N/c2*1-2-4(6)3-5;/h2*4,6H,2H2,1H3;1H3. The van der Waals surface area contributed by atoms with E-state index in [0.717, 1.165) is 12.8 Å². The SMILES string of the molecule is CCC(S)C#N.CCC(S)C#N.N. The quantitative estimate of drug-likeness (QED) is 0.624. The van der Waals surface area contributed by atoms with Crippen molar-refractivity contribution in [1.29, 1.82) is 10.5 Å². The van der Waals surface area contributed by atoms with Crippen LogP contribution in [0.5, 0.6) is 0 Å². The minimum atomic E-state index is -0.0648. The topological polar surface area (TPSA) is 82.6 Å². The molecule has 2 unspecified atom stereocenters. The van der Waals surface area contributed by atoms with Gasteiger partial charge in [0.05, 0.1) is 22.6 Å². The summed E-state index contributed by atoms with van der Waals surface area (Å²) in [5.41, 5.74) is 0. The van der Waals surface area contributed by atoms with Crippen molar-refractivity contribution in [1.82, 2.24) is 6.15 Å². The monoisotopic (exact) mass is 219 g/mol. The first kappa shape index (κ1) is 18.4. The first-order chi connectivity index (χ1) is 5.62. The van der Waals surface area contributed by atoms with Crippen LogP contribution in [0.1, 0.15) is 26.7 Å². The fourth-order valence-corrected chi connectivity index (χ4v) is 0.183. The molecule has 0 bridgehead atoms. The third-order valence-corrected chi connectivity index (χ3v) is 2.03. The van der Waals surface area contributed by atoms with Gasteiger partial charge >= 0.3 is 0 Å². The molecule has 5 heteroatoms. The van der Waals surface area contributed by atoms with Crippen molar-refractivity contribution in [3.63, 3.8) is 0 Å². The zero-order valence-electron chi connectivity index (χ0n) is 8.06. The maximum absolute atomic E-state index is 8.01. The lowest BCUT2D eigenvalue weighted by Gasteiger charge is -1.86. The van der Waals surface area contributed by atoms with Crippen molar-refractivity contribution in [2.75, 3.05) is 0 Å². The molecule has 0 aromatic carbocycles. The Morgan fingerprint density at radius 3 is 1.23 bits per heavy atom. The van der Waals surface area contributed by atoms with E-state index >= 15 is 0 Å². The molecule has 13 heavy (non-hydrogen) atoms. The summed E-state index contributed by atoms with van der Waals surface area (Å²) in [4.78, 5) is 0. The van der Waals surface area contributed by atoms with Crippen molar-refractivity contribution >= 4 is 25.3 Å². The largest absolute Gasteiger partial charge is 0.344 e. The van der Waals surface area contributed by atoms with Crippen LogP contribution < -0.4 is 6.15 Å². The van der Waals surface area contributed by atoms with Gasteiger partial charge in [0.25, 0.3) is 0 Å². The maximum atomic E-state index is 8.01. The Morgan fingerprint density at radius 2 is 1.23 bits per heavy atom. The lowest BCUT2D eigenvalue weighted by atomic mass is 10.4. The van der Waals surface area contributed by atoms with Crippen molar-refractivity contribution in [3.8, 4) is 12.1 Å². The molecule has 0 radical (unpaired) electrons. The molecule has 0 heterocycles. The fourth-order valence-electron chi connectivity index (χ4n) is 0.183. The molecular formula is C8H17N3S2. The third-order valence-electron chi connectivity index (χ3n) is 1.07. The van der Waals surface area contributed by atoms with E-state index < -0.39 is 0 Å². The van der Waals surface area contributed by atoms with Crippen molar-refractivity contribution < 1.29 is 0 Å². The van der Waals surface area contributed by atoms with Crippen LogP contribution in [0.15, 0.2) is 0 Å². The molecule has 76 valence electrons. The second-order valence-corrected chi connectivity index (χ2v) is 3.35. The Hall–Kier alpha value is -0.360. The normalized spacial score (nSPS) is 11.8. The summed E-state index contributed by atoms with van der Waals surface area (Å²) >= 11 is 7.74. The lowest BCUT2D eigenvalue weighted by molar-refractivity contribution is 0.993. The summed E-state index contributed by atoms with van der Waals surface area (Å²) in [5, 5.41) is 15.9. The van der Waals surface area contributed by atoms with Gasteiger partial charge in [0.15, 0.2) is 0 Å². The molecule has 0 aliphatic heterocycles. The zero-order valence-corrected chi connectivity index (χ0v) is 9.85. The second-order valence-electron chi connectivity index (χ2n) is 2.11. The van der Waals surface area contributed by atoms with Gasteiger partial charge in [-0.25, -0.2) is 0 Å². The number of thiol groups is 2. The smallest absolute Gasteiger partial charge is 0.0884 e. The van der Waals surface area contributed by atoms with E-state index in [2.05, 4.69) is 25.3 Å². The van der Waals surface area contributed by atoms with Crippen LogP contribution in [-0.4, -0.2) is 10.5 Å². The van der Waals surface area contributed by atoms with Crippen LogP contribution in [0.3, 0.4) is 0 Å². The first-order valence-electron chi connectivity index (χ1n) is 3.77. The van der Waals surface area contributed by atoms with Gasteiger partial charge in [-0.1, -0.05) is 13.8 Å². The highest BCUT2D eigenvalue weighted by molar-refractivity contribution is 7.81. The predicted molar refractivity (Wildman–Crippen MR) is 62.4 cm³/mol. The Kier molecular flexibility index (Phi) is 20.1. The van der Waals surface area contributed by atoms with Gasteiger partial charge in [0.1, 0.15) is 0 Å². The molecule has 3 nitrogen and oxygen atoms in total. The molecule has 0 amide bonds. The minimum Gasteiger partial charge on any atom is -0.344 e. The highest BCUT2D eigenvalue weighted by Gasteiger charge is 1.90. The van der Waals surface area contributed by atoms with Gasteiger partial charge < -0.3 is 6.15 Å². The molecule has 0 saturated heterocycles. The number of rotatable bonds is 2. The minimum absolute atomic E-state index is 0. The molecular weight excluding hydrogens is 202 g/mol. The first-order valence-corrected chi connectivity index (χ1v) is 4.80. The molecule has 2 atom stereocenters. The fraction of sp³-hybridized carbons (Fsp3) is 0.750. The molecule has 0 aromatic heterocycles. The average Bonchev–Trinajstić information content (AvgIpc) is 2.16. The second kappa shape index (κ2) is 14.2. The third kappa shape index (κ3) is 18.5. The van der Waals surface area contributed by atoms with Gasteiger partial charge in [-0.15, -0.1) is 0 Å². The van der Waals surface area contributed by atoms with E-state index in [-0.39, 0.29) is 16.7 Å². The lowest BCUT2D eigenvalue weighted by Crippen LogP contribution is -1.86.